The van der Waals surface area contributed by atoms with Crippen LogP contribution >= 0.6 is 0 Å². The number of aryl methyl sites for hydroxylation is 1. The fourth-order valence-electron chi connectivity index (χ4n) is 1.85. The summed E-state index contributed by atoms with van der Waals surface area (Å²) in [4.78, 5) is 13.7. The van der Waals surface area contributed by atoms with Crippen molar-refractivity contribution in [1.29, 1.82) is 0 Å². The number of ether oxygens (including phenoxy) is 1. The van der Waals surface area contributed by atoms with Crippen molar-refractivity contribution in [3.8, 4) is 5.75 Å². The van der Waals surface area contributed by atoms with E-state index >= 15 is 0 Å². The van der Waals surface area contributed by atoms with Crippen molar-refractivity contribution < 1.29 is 14.6 Å². The van der Waals surface area contributed by atoms with E-state index in [1.807, 2.05) is 33.0 Å². The molecule has 0 bridgehead atoms. The summed E-state index contributed by atoms with van der Waals surface area (Å²) in [6, 6.07) is 6.98. The van der Waals surface area contributed by atoms with Crippen LogP contribution < -0.4 is 0 Å². The second-order valence-electron chi connectivity index (χ2n) is 5.25. The fourth-order valence-corrected chi connectivity index (χ4v) is 1.85. The first kappa shape index (κ1) is 16.5. The highest BCUT2D eigenvalue weighted by molar-refractivity contribution is 5.76. The first-order valence-corrected chi connectivity index (χ1v) is 7.12. The molecule has 1 aromatic carbocycles. The first-order chi connectivity index (χ1) is 9.49. The lowest BCUT2D eigenvalue weighted by atomic mass is 10.1. The van der Waals surface area contributed by atoms with Gasteiger partial charge in [0.05, 0.1) is 6.10 Å². The van der Waals surface area contributed by atoms with E-state index in [1.54, 1.807) is 17.0 Å². The summed E-state index contributed by atoms with van der Waals surface area (Å²) in [6.45, 7) is 5.42. The molecule has 0 atom stereocenters. The maximum atomic E-state index is 11.9. The highest BCUT2D eigenvalue weighted by Gasteiger charge is 2.08. The maximum Gasteiger partial charge on any atom is 0.222 e. The van der Waals surface area contributed by atoms with Gasteiger partial charge in [-0.05, 0) is 44.4 Å². The van der Waals surface area contributed by atoms with Gasteiger partial charge in [-0.25, -0.2) is 0 Å². The van der Waals surface area contributed by atoms with Crippen molar-refractivity contribution >= 4 is 5.91 Å². The number of phenolic OH excluding ortho intramolecular Hbond substituents is 1. The minimum atomic E-state index is 0.141. The lowest BCUT2D eigenvalue weighted by Gasteiger charge is -2.17. The minimum Gasteiger partial charge on any atom is -0.508 e. The lowest BCUT2D eigenvalue weighted by molar-refractivity contribution is -0.130. The predicted molar refractivity (Wildman–Crippen MR) is 79.8 cm³/mol. The summed E-state index contributed by atoms with van der Waals surface area (Å²) in [5.41, 5.74) is 1.06. The molecule has 4 heteroatoms. The van der Waals surface area contributed by atoms with E-state index in [9.17, 15) is 9.90 Å². The van der Waals surface area contributed by atoms with E-state index in [0.29, 0.717) is 19.4 Å². The van der Waals surface area contributed by atoms with Crippen LogP contribution in [0.5, 0.6) is 5.75 Å². The van der Waals surface area contributed by atoms with Gasteiger partial charge in [0.25, 0.3) is 0 Å². The quantitative estimate of drug-likeness (QED) is 0.744. The van der Waals surface area contributed by atoms with Crippen LogP contribution in [0.15, 0.2) is 24.3 Å². The zero-order valence-corrected chi connectivity index (χ0v) is 12.6. The molecule has 112 valence electrons. The molecule has 0 unspecified atom stereocenters. The van der Waals surface area contributed by atoms with Gasteiger partial charge in [-0.2, -0.15) is 0 Å². The summed E-state index contributed by atoms with van der Waals surface area (Å²) in [5, 5.41) is 9.19. The monoisotopic (exact) mass is 279 g/mol. The van der Waals surface area contributed by atoms with E-state index < -0.39 is 0 Å². The van der Waals surface area contributed by atoms with Gasteiger partial charge >= 0.3 is 0 Å². The van der Waals surface area contributed by atoms with Gasteiger partial charge in [0.15, 0.2) is 0 Å². The van der Waals surface area contributed by atoms with Crippen molar-refractivity contribution in [1.82, 2.24) is 4.90 Å². The Balaban J connectivity index is 2.22. The molecule has 0 heterocycles. The third kappa shape index (κ3) is 6.57. The molecule has 0 radical (unpaired) electrons. The molecule has 4 nitrogen and oxygen atoms in total. The van der Waals surface area contributed by atoms with Crippen LogP contribution in [0, 0.1) is 0 Å². The van der Waals surface area contributed by atoms with E-state index in [2.05, 4.69) is 0 Å². The van der Waals surface area contributed by atoms with Crippen LogP contribution in [0.25, 0.3) is 0 Å². The standard InChI is InChI=1S/C16H25NO3/c1-13(2)20-12-4-11-17(3)16(19)10-7-14-5-8-15(18)9-6-14/h5-6,8-9,13,18H,4,7,10-12H2,1-3H3. The van der Waals surface area contributed by atoms with Crippen LogP contribution in [0.1, 0.15) is 32.3 Å². The average Bonchev–Trinajstić information content (AvgIpc) is 2.42. The van der Waals surface area contributed by atoms with Gasteiger partial charge in [0.2, 0.25) is 5.91 Å². The molecule has 0 saturated carbocycles. The van der Waals surface area contributed by atoms with Gasteiger partial charge in [-0.15, -0.1) is 0 Å². The fraction of sp³-hybridized carbons (Fsp3) is 0.562. The van der Waals surface area contributed by atoms with Gasteiger partial charge < -0.3 is 14.7 Å². The van der Waals surface area contributed by atoms with Crippen LogP contribution in [-0.4, -0.2) is 42.2 Å². The molecule has 0 aromatic heterocycles. The smallest absolute Gasteiger partial charge is 0.222 e. The predicted octanol–water partition coefficient (Wildman–Crippen LogP) is 2.60. The average molecular weight is 279 g/mol. The summed E-state index contributed by atoms with van der Waals surface area (Å²) < 4.78 is 5.45. The molecule has 0 spiro atoms. The van der Waals surface area contributed by atoms with Crippen molar-refractivity contribution in [2.75, 3.05) is 20.2 Å². The zero-order valence-electron chi connectivity index (χ0n) is 12.6. The highest BCUT2D eigenvalue weighted by atomic mass is 16.5. The highest BCUT2D eigenvalue weighted by Crippen LogP contribution is 2.11. The van der Waals surface area contributed by atoms with Crippen molar-refractivity contribution in [3.63, 3.8) is 0 Å². The Kier molecular flexibility index (Phi) is 7.09. The molecule has 1 rings (SSSR count). The minimum absolute atomic E-state index is 0.141. The molecule has 0 fully saturated rings. The van der Waals surface area contributed by atoms with E-state index in [4.69, 9.17) is 4.74 Å². The largest absolute Gasteiger partial charge is 0.508 e. The molecule has 0 aliphatic rings. The Morgan fingerprint density at radius 1 is 1.30 bits per heavy atom. The molecule has 1 aromatic rings. The van der Waals surface area contributed by atoms with Gasteiger partial charge in [-0.3, -0.25) is 4.79 Å². The van der Waals surface area contributed by atoms with E-state index in [0.717, 1.165) is 18.5 Å². The van der Waals surface area contributed by atoms with Crippen LogP contribution in [-0.2, 0) is 16.0 Å². The Morgan fingerprint density at radius 3 is 2.55 bits per heavy atom. The molecule has 20 heavy (non-hydrogen) atoms. The third-order valence-electron chi connectivity index (χ3n) is 3.08. The summed E-state index contributed by atoms with van der Waals surface area (Å²) in [6.07, 6.45) is 2.29. The number of benzene rings is 1. The molecule has 0 saturated heterocycles. The second kappa shape index (κ2) is 8.59. The Morgan fingerprint density at radius 2 is 1.95 bits per heavy atom. The van der Waals surface area contributed by atoms with Gasteiger partial charge in [0.1, 0.15) is 5.75 Å². The number of phenols is 1. The van der Waals surface area contributed by atoms with Crippen LogP contribution in [0.3, 0.4) is 0 Å². The normalized spacial score (nSPS) is 10.8. The Hall–Kier alpha value is -1.55. The molecule has 1 amide bonds. The lowest BCUT2D eigenvalue weighted by Crippen LogP contribution is -2.28. The zero-order chi connectivity index (χ0) is 15.0. The Bertz CT molecular complexity index is 401. The number of amides is 1. The van der Waals surface area contributed by atoms with Gasteiger partial charge in [-0.1, -0.05) is 12.1 Å². The van der Waals surface area contributed by atoms with E-state index in [-0.39, 0.29) is 17.8 Å². The van der Waals surface area contributed by atoms with Crippen molar-refractivity contribution in [2.45, 2.75) is 39.2 Å². The number of hydrogen-bond acceptors (Lipinski definition) is 3. The molecule has 0 aliphatic carbocycles. The molecular weight excluding hydrogens is 254 g/mol. The SMILES string of the molecule is CC(C)OCCCN(C)C(=O)CCc1ccc(O)cc1. The molecule has 1 N–H and O–H groups in total. The first-order valence-electron chi connectivity index (χ1n) is 7.12. The number of hydrogen-bond donors (Lipinski definition) is 1. The maximum absolute atomic E-state index is 11.9. The number of nitrogens with zero attached hydrogens (tertiary/aromatic N) is 1. The number of carbonyl (C=O) groups excluding carboxylic acids is 1. The van der Waals surface area contributed by atoms with Crippen LogP contribution in [0.2, 0.25) is 0 Å². The number of rotatable bonds is 8. The number of aromatic hydroxyl groups is 1. The third-order valence-corrected chi connectivity index (χ3v) is 3.08. The summed E-state index contributed by atoms with van der Waals surface area (Å²) in [7, 11) is 1.83. The van der Waals surface area contributed by atoms with Crippen molar-refractivity contribution in [2.24, 2.45) is 0 Å². The molecular formula is C16H25NO3. The second-order valence-corrected chi connectivity index (χ2v) is 5.25. The van der Waals surface area contributed by atoms with Crippen molar-refractivity contribution in [3.05, 3.63) is 29.8 Å². The summed E-state index contributed by atoms with van der Waals surface area (Å²) in [5.74, 6) is 0.393. The topological polar surface area (TPSA) is 49.8 Å². The Labute approximate surface area is 121 Å². The van der Waals surface area contributed by atoms with E-state index in [1.165, 1.54) is 0 Å². The number of carbonyl (C=O) groups is 1. The summed E-state index contributed by atoms with van der Waals surface area (Å²) >= 11 is 0. The molecule has 0 aliphatic heterocycles. The van der Waals surface area contributed by atoms with Crippen LogP contribution in [0.4, 0.5) is 0 Å². The van der Waals surface area contributed by atoms with Gasteiger partial charge in [0, 0.05) is 26.6 Å².